The molecule has 0 radical (unpaired) electrons. The smallest absolute Gasteiger partial charge is 0.249 e. The molecule has 0 N–H and O–H groups in total. The molecule has 0 aliphatic carbocycles. The van der Waals surface area contributed by atoms with E-state index in [1.807, 2.05) is 23.1 Å². The Bertz CT molecular complexity index is 575. The van der Waals surface area contributed by atoms with Crippen molar-refractivity contribution in [2.75, 3.05) is 32.8 Å². The molecule has 0 saturated carbocycles. The van der Waals surface area contributed by atoms with Crippen LogP contribution in [-0.2, 0) is 20.7 Å². The first-order valence-electron chi connectivity index (χ1n) is 8.28. The van der Waals surface area contributed by atoms with Gasteiger partial charge in [0.15, 0.2) is 0 Å². The lowest BCUT2D eigenvalue weighted by molar-refractivity contribution is -0.149. The molecule has 2 amide bonds. The van der Waals surface area contributed by atoms with Crippen molar-refractivity contribution in [3.8, 4) is 0 Å². The van der Waals surface area contributed by atoms with Crippen LogP contribution < -0.4 is 0 Å². The molecule has 5 nitrogen and oxygen atoms in total. The Morgan fingerprint density at radius 2 is 2.04 bits per heavy atom. The highest BCUT2D eigenvalue weighted by Gasteiger charge is 2.40. The lowest BCUT2D eigenvalue weighted by atomic mass is 9.90. The highest BCUT2D eigenvalue weighted by atomic mass is 16.5. The van der Waals surface area contributed by atoms with Gasteiger partial charge in [-0.1, -0.05) is 30.3 Å². The van der Waals surface area contributed by atoms with Crippen molar-refractivity contribution in [1.82, 2.24) is 9.80 Å². The van der Waals surface area contributed by atoms with E-state index in [1.54, 1.807) is 4.90 Å². The van der Waals surface area contributed by atoms with Crippen molar-refractivity contribution in [2.45, 2.75) is 31.7 Å². The summed E-state index contributed by atoms with van der Waals surface area (Å²) in [5, 5.41) is 0. The topological polar surface area (TPSA) is 49.9 Å². The summed E-state index contributed by atoms with van der Waals surface area (Å²) in [5.74, 6) is -0.0373. The monoisotopic (exact) mass is 316 g/mol. The first kappa shape index (κ1) is 16.0. The van der Waals surface area contributed by atoms with E-state index in [0.29, 0.717) is 13.2 Å². The molecular formula is C18H24N2O3. The number of nitrogens with zero attached hydrogens (tertiary/aromatic N) is 2. The first-order valence-corrected chi connectivity index (χ1v) is 8.28. The normalized spacial score (nSPS) is 25.0. The van der Waals surface area contributed by atoms with Gasteiger partial charge < -0.3 is 14.5 Å². The van der Waals surface area contributed by atoms with E-state index >= 15 is 0 Å². The van der Waals surface area contributed by atoms with Crippen molar-refractivity contribution >= 4 is 11.8 Å². The highest BCUT2D eigenvalue weighted by Crippen LogP contribution is 2.32. The lowest BCUT2D eigenvalue weighted by Crippen LogP contribution is -2.52. The zero-order valence-electron chi connectivity index (χ0n) is 13.7. The maximum absolute atomic E-state index is 12.8. The van der Waals surface area contributed by atoms with Gasteiger partial charge in [0.2, 0.25) is 11.8 Å². The molecule has 0 aromatic heterocycles. The molecule has 2 saturated heterocycles. The second-order valence-electron chi connectivity index (χ2n) is 6.68. The van der Waals surface area contributed by atoms with Crippen LogP contribution in [0.5, 0.6) is 0 Å². The number of rotatable bonds is 4. The second-order valence-corrected chi connectivity index (χ2v) is 6.68. The summed E-state index contributed by atoms with van der Waals surface area (Å²) in [6.45, 7) is 4.22. The predicted octanol–water partition coefficient (Wildman–Crippen LogP) is 1.47. The lowest BCUT2D eigenvalue weighted by Gasteiger charge is -2.37. The van der Waals surface area contributed by atoms with E-state index in [9.17, 15) is 9.59 Å². The minimum Gasteiger partial charge on any atom is -0.370 e. The van der Waals surface area contributed by atoms with Gasteiger partial charge in [0.05, 0.1) is 13.2 Å². The Morgan fingerprint density at radius 1 is 1.26 bits per heavy atom. The average Bonchev–Trinajstić information content (AvgIpc) is 2.92. The number of morpholine rings is 1. The van der Waals surface area contributed by atoms with Crippen molar-refractivity contribution < 1.29 is 14.3 Å². The fraction of sp³-hybridized carbons (Fsp3) is 0.556. The van der Waals surface area contributed by atoms with Crippen molar-refractivity contribution in [2.24, 2.45) is 0 Å². The van der Waals surface area contributed by atoms with Gasteiger partial charge >= 0.3 is 0 Å². The molecule has 2 aliphatic rings. The Morgan fingerprint density at radius 3 is 2.78 bits per heavy atom. The number of ether oxygens (including phenoxy) is 1. The number of amides is 2. The first-order chi connectivity index (χ1) is 11.1. The van der Waals surface area contributed by atoms with Crippen molar-refractivity contribution in [3.63, 3.8) is 0 Å². The molecule has 5 heteroatoms. The summed E-state index contributed by atoms with van der Waals surface area (Å²) >= 11 is 0. The van der Waals surface area contributed by atoms with E-state index in [2.05, 4.69) is 19.1 Å². The summed E-state index contributed by atoms with van der Waals surface area (Å²) in [6, 6.07) is 10.3. The van der Waals surface area contributed by atoms with Crippen LogP contribution in [0.2, 0.25) is 0 Å². The number of hydrogen-bond acceptors (Lipinski definition) is 3. The number of hydrogen-bond donors (Lipinski definition) is 0. The van der Waals surface area contributed by atoms with E-state index in [-0.39, 0.29) is 30.5 Å². The molecule has 3 rings (SSSR count). The number of benzene rings is 1. The number of likely N-dealkylation sites (tertiary alicyclic amines) is 1. The van der Waals surface area contributed by atoms with Crippen LogP contribution in [0, 0.1) is 0 Å². The summed E-state index contributed by atoms with van der Waals surface area (Å²) in [7, 11) is 0. The van der Waals surface area contributed by atoms with Crippen LogP contribution in [0.25, 0.3) is 0 Å². The zero-order chi connectivity index (χ0) is 16.3. The SMILES string of the molecule is C[C@@]1(Cc2ccccc2)CCCN1C(=O)CN1CCOCC1=O. The summed E-state index contributed by atoms with van der Waals surface area (Å²) < 4.78 is 5.12. The molecule has 1 aromatic rings. The average molecular weight is 316 g/mol. The van der Waals surface area contributed by atoms with Gasteiger partial charge in [-0.15, -0.1) is 0 Å². The third kappa shape index (κ3) is 3.55. The fourth-order valence-corrected chi connectivity index (χ4v) is 3.63. The molecule has 2 aliphatic heterocycles. The molecule has 1 atom stereocenters. The van der Waals surface area contributed by atoms with E-state index < -0.39 is 0 Å². The van der Waals surface area contributed by atoms with Crippen LogP contribution in [0.15, 0.2) is 30.3 Å². The van der Waals surface area contributed by atoms with E-state index in [0.717, 1.165) is 25.8 Å². The van der Waals surface area contributed by atoms with Crippen LogP contribution >= 0.6 is 0 Å². The predicted molar refractivity (Wildman–Crippen MR) is 86.9 cm³/mol. The molecule has 0 unspecified atom stereocenters. The van der Waals surface area contributed by atoms with Crippen molar-refractivity contribution in [1.29, 1.82) is 0 Å². The molecule has 0 bridgehead atoms. The third-order valence-electron chi connectivity index (χ3n) is 4.89. The largest absolute Gasteiger partial charge is 0.370 e. The Hall–Kier alpha value is -1.88. The van der Waals surface area contributed by atoms with Gasteiger partial charge in [-0.05, 0) is 31.7 Å². The quantitative estimate of drug-likeness (QED) is 0.845. The third-order valence-corrected chi connectivity index (χ3v) is 4.89. The summed E-state index contributed by atoms with van der Waals surface area (Å²) in [6.07, 6.45) is 2.88. The zero-order valence-corrected chi connectivity index (χ0v) is 13.7. The minimum atomic E-state index is -0.159. The van der Waals surface area contributed by atoms with E-state index in [1.165, 1.54) is 5.56 Å². The van der Waals surface area contributed by atoms with Gasteiger partial charge in [0.25, 0.3) is 0 Å². The minimum absolute atomic E-state index is 0.0520. The van der Waals surface area contributed by atoms with Gasteiger partial charge in [-0.3, -0.25) is 9.59 Å². The molecule has 0 spiro atoms. The van der Waals surface area contributed by atoms with Gasteiger partial charge in [-0.25, -0.2) is 0 Å². The Labute approximate surface area is 137 Å². The van der Waals surface area contributed by atoms with Gasteiger partial charge in [0, 0.05) is 18.6 Å². The molecular weight excluding hydrogens is 292 g/mol. The summed E-state index contributed by atoms with van der Waals surface area (Å²) in [4.78, 5) is 28.2. The maximum atomic E-state index is 12.8. The van der Waals surface area contributed by atoms with Crippen LogP contribution in [0.1, 0.15) is 25.3 Å². The van der Waals surface area contributed by atoms with Gasteiger partial charge in [0.1, 0.15) is 6.61 Å². The van der Waals surface area contributed by atoms with Crippen LogP contribution in [0.4, 0.5) is 0 Å². The molecule has 2 heterocycles. The van der Waals surface area contributed by atoms with Crippen LogP contribution in [0.3, 0.4) is 0 Å². The maximum Gasteiger partial charge on any atom is 0.249 e. The molecule has 23 heavy (non-hydrogen) atoms. The summed E-state index contributed by atoms with van der Waals surface area (Å²) in [5.41, 5.74) is 1.09. The van der Waals surface area contributed by atoms with E-state index in [4.69, 9.17) is 4.74 Å². The fourth-order valence-electron chi connectivity index (χ4n) is 3.63. The highest BCUT2D eigenvalue weighted by molar-refractivity contribution is 5.86. The van der Waals surface area contributed by atoms with Crippen LogP contribution in [-0.4, -0.2) is 60.0 Å². The number of carbonyl (C=O) groups is 2. The number of carbonyl (C=O) groups excluding carboxylic acids is 2. The Balaban J connectivity index is 1.67. The standard InChI is InChI=1S/C18H24N2O3/c1-18(12-15-6-3-2-4-7-15)8-5-9-20(18)16(21)13-19-10-11-23-14-17(19)22/h2-4,6-7H,5,8-14H2,1H3/t18-/m0/s1. The van der Waals surface area contributed by atoms with Gasteiger partial charge in [-0.2, -0.15) is 0 Å². The second kappa shape index (κ2) is 6.71. The van der Waals surface area contributed by atoms with Crippen molar-refractivity contribution in [3.05, 3.63) is 35.9 Å². The molecule has 2 fully saturated rings. The molecule has 1 aromatic carbocycles. The molecule has 124 valence electrons. The Kier molecular flexibility index (Phi) is 4.66.